The van der Waals surface area contributed by atoms with Crippen LogP contribution in [0.4, 0.5) is 0 Å². The fourth-order valence-corrected chi connectivity index (χ4v) is 3.06. The Morgan fingerprint density at radius 2 is 1.61 bits per heavy atom. The monoisotopic (exact) mass is 248 g/mol. The average Bonchev–Trinajstić information content (AvgIpc) is 2.53. The summed E-state index contributed by atoms with van der Waals surface area (Å²) in [6.07, 6.45) is 5.32. The molecule has 2 saturated heterocycles. The van der Waals surface area contributed by atoms with Crippen LogP contribution in [0, 0.1) is 11.8 Å². The number of hydrogen-bond acceptors (Lipinski definition) is 3. The molecule has 0 spiro atoms. The van der Waals surface area contributed by atoms with Crippen LogP contribution >= 0.6 is 0 Å². The molecule has 2 atom stereocenters. The molecule has 3 amide bonds. The Kier molecular flexibility index (Phi) is 2.50. The summed E-state index contributed by atoms with van der Waals surface area (Å²) in [6.45, 7) is 2.51. The first kappa shape index (κ1) is 11.4. The van der Waals surface area contributed by atoms with Crippen LogP contribution in [-0.4, -0.2) is 46.7 Å². The van der Waals surface area contributed by atoms with Crippen molar-refractivity contribution in [3.05, 3.63) is 12.2 Å². The van der Waals surface area contributed by atoms with Gasteiger partial charge in [0, 0.05) is 20.0 Å². The Balaban J connectivity index is 1.73. The predicted octanol–water partition coefficient (Wildman–Crippen LogP) is 0.168. The molecule has 2 unspecified atom stereocenters. The summed E-state index contributed by atoms with van der Waals surface area (Å²) >= 11 is 0. The number of carbonyl (C=O) groups excluding carboxylic acids is 3. The highest BCUT2D eigenvalue weighted by atomic mass is 16.2. The van der Waals surface area contributed by atoms with Crippen LogP contribution in [0.2, 0.25) is 0 Å². The molecule has 96 valence electrons. The molecule has 2 heterocycles. The Bertz CT molecular complexity index is 425. The van der Waals surface area contributed by atoms with Gasteiger partial charge in [0.05, 0.1) is 17.9 Å². The van der Waals surface area contributed by atoms with E-state index in [4.69, 9.17) is 0 Å². The number of likely N-dealkylation sites (tertiary alicyclic amines) is 2. The van der Waals surface area contributed by atoms with Crippen molar-refractivity contribution in [3.8, 4) is 0 Å². The maximum Gasteiger partial charge on any atom is 0.233 e. The average molecular weight is 248 g/mol. The lowest BCUT2D eigenvalue weighted by Crippen LogP contribution is -2.62. The number of imide groups is 1. The van der Waals surface area contributed by atoms with Gasteiger partial charge in [0.2, 0.25) is 17.7 Å². The summed E-state index contributed by atoms with van der Waals surface area (Å²) in [7, 11) is 0. The lowest BCUT2D eigenvalue weighted by molar-refractivity contribution is -0.151. The molecule has 0 bridgehead atoms. The Hall–Kier alpha value is -1.65. The molecule has 3 rings (SSSR count). The second-order valence-corrected chi connectivity index (χ2v) is 5.28. The Labute approximate surface area is 105 Å². The van der Waals surface area contributed by atoms with Gasteiger partial charge >= 0.3 is 0 Å². The molecular formula is C13H16N2O3. The quantitative estimate of drug-likeness (QED) is 0.491. The van der Waals surface area contributed by atoms with Crippen molar-refractivity contribution >= 4 is 17.7 Å². The van der Waals surface area contributed by atoms with Crippen molar-refractivity contribution in [1.82, 2.24) is 9.80 Å². The SMILES string of the molecule is CC(=O)N1CC(N2C(=O)C3CC=CCC3C2=O)C1. The molecule has 5 heteroatoms. The first-order valence-electron chi connectivity index (χ1n) is 6.37. The third kappa shape index (κ3) is 1.50. The third-order valence-corrected chi connectivity index (χ3v) is 4.21. The number of amides is 3. The fraction of sp³-hybridized carbons (Fsp3) is 0.615. The number of hydrogen-bond donors (Lipinski definition) is 0. The van der Waals surface area contributed by atoms with Crippen LogP contribution in [0.1, 0.15) is 19.8 Å². The summed E-state index contributed by atoms with van der Waals surface area (Å²) in [5.41, 5.74) is 0. The summed E-state index contributed by atoms with van der Waals surface area (Å²) in [5, 5.41) is 0. The molecule has 2 aliphatic heterocycles. The highest BCUT2D eigenvalue weighted by Gasteiger charge is 2.52. The van der Waals surface area contributed by atoms with Gasteiger partial charge in [-0.2, -0.15) is 0 Å². The summed E-state index contributed by atoms with van der Waals surface area (Å²) < 4.78 is 0. The first-order valence-corrected chi connectivity index (χ1v) is 6.37. The van der Waals surface area contributed by atoms with Crippen LogP contribution in [-0.2, 0) is 14.4 Å². The van der Waals surface area contributed by atoms with Gasteiger partial charge < -0.3 is 4.90 Å². The van der Waals surface area contributed by atoms with Crippen LogP contribution in [0.5, 0.6) is 0 Å². The molecule has 0 aromatic heterocycles. The zero-order valence-corrected chi connectivity index (χ0v) is 10.3. The second-order valence-electron chi connectivity index (χ2n) is 5.28. The molecular weight excluding hydrogens is 232 g/mol. The highest BCUT2D eigenvalue weighted by Crippen LogP contribution is 2.37. The van der Waals surface area contributed by atoms with Crippen LogP contribution in [0.15, 0.2) is 12.2 Å². The van der Waals surface area contributed by atoms with E-state index in [1.165, 1.54) is 11.8 Å². The van der Waals surface area contributed by atoms with Crippen molar-refractivity contribution in [1.29, 1.82) is 0 Å². The molecule has 0 radical (unpaired) electrons. The van der Waals surface area contributed by atoms with Crippen molar-refractivity contribution < 1.29 is 14.4 Å². The van der Waals surface area contributed by atoms with Gasteiger partial charge in [-0.05, 0) is 12.8 Å². The molecule has 2 fully saturated rings. The molecule has 3 aliphatic rings. The number of nitrogens with zero attached hydrogens (tertiary/aromatic N) is 2. The van der Waals surface area contributed by atoms with E-state index in [2.05, 4.69) is 0 Å². The van der Waals surface area contributed by atoms with Crippen LogP contribution < -0.4 is 0 Å². The summed E-state index contributed by atoms with van der Waals surface area (Å²) in [6, 6.07) is -0.0977. The number of carbonyl (C=O) groups is 3. The van der Waals surface area contributed by atoms with E-state index >= 15 is 0 Å². The molecule has 0 aromatic carbocycles. The maximum absolute atomic E-state index is 12.2. The van der Waals surface area contributed by atoms with Crippen LogP contribution in [0.3, 0.4) is 0 Å². The lowest BCUT2D eigenvalue weighted by atomic mass is 9.85. The first-order chi connectivity index (χ1) is 8.59. The van der Waals surface area contributed by atoms with E-state index in [1.807, 2.05) is 12.2 Å². The minimum Gasteiger partial charge on any atom is -0.339 e. The van der Waals surface area contributed by atoms with E-state index in [1.54, 1.807) is 4.90 Å². The number of allylic oxidation sites excluding steroid dienone is 2. The van der Waals surface area contributed by atoms with E-state index < -0.39 is 0 Å². The third-order valence-electron chi connectivity index (χ3n) is 4.21. The van der Waals surface area contributed by atoms with Crippen molar-refractivity contribution in [2.75, 3.05) is 13.1 Å². The zero-order chi connectivity index (χ0) is 12.9. The van der Waals surface area contributed by atoms with Gasteiger partial charge in [0.25, 0.3) is 0 Å². The van der Waals surface area contributed by atoms with Crippen LogP contribution in [0.25, 0.3) is 0 Å². The standard InChI is InChI=1S/C13H16N2O3/c1-8(16)14-6-9(7-14)15-12(17)10-4-2-3-5-11(10)13(15)18/h2-3,9-11H,4-7H2,1H3. The Morgan fingerprint density at radius 1 is 1.11 bits per heavy atom. The van der Waals surface area contributed by atoms with Gasteiger partial charge in [-0.15, -0.1) is 0 Å². The van der Waals surface area contributed by atoms with Gasteiger partial charge in [0.15, 0.2) is 0 Å². The van der Waals surface area contributed by atoms with Gasteiger partial charge in [-0.1, -0.05) is 12.2 Å². The predicted molar refractivity (Wildman–Crippen MR) is 63.2 cm³/mol. The van der Waals surface area contributed by atoms with E-state index in [0.717, 1.165) is 0 Å². The van der Waals surface area contributed by atoms with Crippen molar-refractivity contribution in [3.63, 3.8) is 0 Å². The molecule has 0 N–H and O–H groups in total. The number of rotatable bonds is 1. The van der Waals surface area contributed by atoms with Gasteiger partial charge in [-0.3, -0.25) is 19.3 Å². The van der Waals surface area contributed by atoms with Crippen molar-refractivity contribution in [2.24, 2.45) is 11.8 Å². The summed E-state index contributed by atoms with van der Waals surface area (Å²) in [5.74, 6) is -0.391. The molecule has 0 aromatic rings. The minimum atomic E-state index is -0.158. The topological polar surface area (TPSA) is 57.7 Å². The smallest absolute Gasteiger partial charge is 0.233 e. The molecule has 5 nitrogen and oxygen atoms in total. The van der Waals surface area contributed by atoms with Gasteiger partial charge in [-0.25, -0.2) is 0 Å². The fourth-order valence-electron chi connectivity index (χ4n) is 3.06. The second kappa shape index (κ2) is 3.93. The van der Waals surface area contributed by atoms with E-state index in [0.29, 0.717) is 25.9 Å². The summed E-state index contributed by atoms with van der Waals surface area (Å²) in [4.78, 5) is 38.7. The Morgan fingerprint density at radius 3 is 2.06 bits per heavy atom. The maximum atomic E-state index is 12.2. The lowest BCUT2D eigenvalue weighted by Gasteiger charge is -2.42. The van der Waals surface area contributed by atoms with Gasteiger partial charge in [0.1, 0.15) is 0 Å². The highest BCUT2D eigenvalue weighted by molar-refractivity contribution is 6.06. The zero-order valence-electron chi connectivity index (χ0n) is 10.3. The molecule has 0 saturated carbocycles. The van der Waals surface area contributed by atoms with E-state index in [9.17, 15) is 14.4 Å². The number of fused-ring (bicyclic) bond motifs is 1. The van der Waals surface area contributed by atoms with Crippen molar-refractivity contribution in [2.45, 2.75) is 25.8 Å². The largest absolute Gasteiger partial charge is 0.339 e. The molecule has 18 heavy (non-hydrogen) atoms. The normalized spacial score (nSPS) is 31.6. The van der Waals surface area contributed by atoms with E-state index in [-0.39, 0.29) is 35.6 Å². The molecule has 1 aliphatic carbocycles. The minimum absolute atomic E-state index is 0.00410.